The van der Waals surface area contributed by atoms with Gasteiger partial charge in [0, 0.05) is 29.7 Å². The highest BCUT2D eigenvalue weighted by Gasteiger charge is 2.17. The van der Waals surface area contributed by atoms with Crippen molar-refractivity contribution >= 4 is 39.7 Å². The lowest BCUT2D eigenvalue weighted by Crippen LogP contribution is -2.32. The Morgan fingerprint density at radius 1 is 1.17 bits per heavy atom. The van der Waals surface area contributed by atoms with Gasteiger partial charge < -0.3 is 26.2 Å². The second-order valence-corrected chi connectivity index (χ2v) is 7.27. The number of aromatic hydroxyl groups is 2. The summed E-state index contributed by atoms with van der Waals surface area (Å²) in [7, 11) is 2.35. The van der Waals surface area contributed by atoms with Gasteiger partial charge in [-0.3, -0.25) is 9.79 Å². The number of benzene rings is 1. The average molecular weight is 374 g/mol. The lowest BCUT2D eigenvalue weighted by Gasteiger charge is -2.08. The van der Waals surface area contributed by atoms with Crippen LogP contribution in [-0.2, 0) is 16.0 Å². The molecule has 10 heteroatoms. The molecule has 24 heavy (non-hydrogen) atoms. The zero-order valence-electron chi connectivity index (χ0n) is 12.5. The molecule has 8 nitrogen and oxygen atoms in total. The van der Waals surface area contributed by atoms with Crippen LogP contribution in [0.25, 0.3) is 0 Å². The van der Waals surface area contributed by atoms with Gasteiger partial charge in [-0.25, -0.2) is 4.79 Å². The highest BCUT2D eigenvalue weighted by Crippen LogP contribution is 2.24. The van der Waals surface area contributed by atoms with Crippen LogP contribution in [0.3, 0.4) is 0 Å². The summed E-state index contributed by atoms with van der Waals surface area (Å²) in [6.07, 6.45) is 1.53. The summed E-state index contributed by atoms with van der Waals surface area (Å²) in [5.74, 6) is -1.93. The van der Waals surface area contributed by atoms with Crippen molar-refractivity contribution in [1.82, 2.24) is 0 Å². The van der Waals surface area contributed by atoms with Gasteiger partial charge in [0.2, 0.25) is 0 Å². The summed E-state index contributed by atoms with van der Waals surface area (Å²) in [6, 6.07) is 2.05. The van der Waals surface area contributed by atoms with Crippen molar-refractivity contribution in [3.8, 4) is 11.5 Å². The second kappa shape index (κ2) is 10.1. The van der Waals surface area contributed by atoms with E-state index in [2.05, 4.69) is 4.99 Å². The normalized spacial score (nSPS) is 13.7. The first kappa shape index (κ1) is 20.1. The number of phenolic OH excluding ortho intramolecular Hbond substituents is 2. The molecule has 0 aliphatic heterocycles. The lowest BCUT2D eigenvalue weighted by molar-refractivity contribution is -0.138. The van der Waals surface area contributed by atoms with E-state index in [1.54, 1.807) is 0 Å². The molecular formula is C14H18N2O6S2. The van der Waals surface area contributed by atoms with Crippen LogP contribution in [0.5, 0.6) is 11.5 Å². The smallest absolute Gasteiger partial charge is 0.329 e. The van der Waals surface area contributed by atoms with E-state index in [1.165, 1.54) is 46.0 Å². The maximum absolute atomic E-state index is 11.2. The minimum Gasteiger partial charge on any atom is -0.508 e. The fourth-order valence-electron chi connectivity index (χ4n) is 1.50. The topological polar surface area (TPSA) is 153 Å². The molecule has 0 amide bonds. The zero-order valence-corrected chi connectivity index (χ0v) is 14.2. The second-order valence-electron chi connectivity index (χ2n) is 4.72. The first-order valence-corrected chi connectivity index (χ1v) is 9.28. The number of carbonyl (C=O) groups is 2. The molecule has 1 rings (SSSR count). The summed E-state index contributed by atoms with van der Waals surface area (Å²) in [5.41, 5.74) is 5.77. The van der Waals surface area contributed by atoms with Gasteiger partial charge in [-0.1, -0.05) is 21.6 Å². The molecule has 0 spiro atoms. The van der Waals surface area contributed by atoms with Crippen LogP contribution in [0.4, 0.5) is 0 Å². The van der Waals surface area contributed by atoms with E-state index < -0.39 is 24.0 Å². The summed E-state index contributed by atoms with van der Waals surface area (Å²) in [6.45, 7) is 0. The van der Waals surface area contributed by atoms with Crippen LogP contribution in [0.1, 0.15) is 5.56 Å². The first-order chi connectivity index (χ1) is 11.3. The molecule has 0 bridgehead atoms. The van der Waals surface area contributed by atoms with Crippen molar-refractivity contribution in [2.75, 3.05) is 11.5 Å². The molecule has 1 unspecified atom stereocenters. The van der Waals surface area contributed by atoms with Crippen LogP contribution in [-0.4, -0.2) is 62.2 Å². The first-order valence-electron chi connectivity index (χ1n) is 6.79. The van der Waals surface area contributed by atoms with Gasteiger partial charge in [0.05, 0.1) is 0 Å². The van der Waals surface area contributed by atoms with E-state index in [9.17, 15) is 19.8 Å². The Hall–Kier alpha value is -1.91. The number of nitrogens with two attached hydrogens (primary N) is 1. The highest BCUT2D eigenvalue weighted by atomic mass is 33.1. The molecular weight excluding hydrogens is 356 g/mol. The number of carboxylic acids is 2. The quantitative estimate of drug-likeness (QED) is 0.174. The molecule has 0 heterocycles. The van der Waals surface area contributed by atoms with E-state index >= 15 is 0 Å². The Morgan fingerprint density at radius 3 is 2.46 bits per heavy atom. The molecule has 6 N–H and O–H groups in total. The maximum Gasteiger partial charge on any atom is 0.329 e. The molecule has 0 saturated heterocycles. The number of nitrogens with zero attached hydrogens (tertiary/aromatic N) is 1. The molecule has 0 saturated carbocycles. The Bertz CT molecular complexity index is 611. The van der Waals surface area contributed by atoms with Gasteiger partial charge in [-0.05, 0) is 18.2 Å². The standard InChI is InChI=1S/C14H18N2O6S2/c15-10(13(19)20)6-23-24-7-11(14(21)22)16-4-3-8-5-9(17)1-2-12(8)18/h1-2,4-5,10-11,17-18H,3,6-7,15H2,(H,19,20)(H,21,22)/t10?,11-/m0/s1. The summed E-state index contributed by atoms with van der Waals surface area (Å²) in [5, 5.41) is 36.7. The van der Waals surface area contributed by atoms with Gasteiger partial charge in [0.15, 0.2) is 6.04 Å². The van der Waals surface area contributed by atoms with E-state index in [1.807, 2.05) is 0 Å². The molecule has 0 radical (unpaired) electrons. The monoisotopic (exact) mass is 374 g/mol. The fraction of sp³-hybridized carbons (Fsp3) is 0.357. The number of aliphatic carboxylic acids is 2. The van der Waals surface area contributed by atoms with Crippen molar-refractivity contribution in [2.24, 2.45) is 10.7 Å². The molecule has 0 aliphatic rings. The summed E-state index contributed by atoms with van der Waals surface area (Å²) < 4.78 is 0. The Kier molecular flexibility index (Phi) is 8.44. The molecule has 1 aromatic rings. The van der Waals surface area contributed by atoms with Crippen molar-refractivity contribution < 1.29 is 30.0 Å². The minimum absolute atomic E-state index is 0.00675. The largest absolute Gasteiger partial charge is 0.508 e. The van der Waals surface area contributed by atoms with Gasteiger partial charge in [-0.15, -0.1) is 0 Å². The van der Waals surface area contributed by atoms with E-state index in [4.69, 9.17) is 15.9 Å². The molecule has 132 valence electrons. The third-order valence-electron chi connectivity index (χ3n) is 2.82. The zero-order chi connectivity index (χ0) is 18.1. The third kappa shape index (κ3) is 7.11. The number of rotatable bonds is 10. The van der Waals surface area contributed by atoms with Crippen LogP contribution in [0, 0.1) is 0 Å². The van der Waals surface area contributed by atoms with Crippen molar-refractivity contribution in [1.29, 1.82) is 0 Å². The summed E-state index contributed by atoms with van der Waals surface area (Å²) >= 11 is 0. The number of hydrogen-bond donors (Lipinski definition) is 5. The predicted octanol–water partition coefficient (Wildman–Crippen LogP) is 0.958. The van der Waals surface area contributed by atoms with E-state index in [0.29, 0.717) is 5.56 Å². The van der Waals surface area contributed by atoms with Crippen LogP contribution >= 0.6 is 21.6 Å². The number of phenols is 2. The van der Waals surface area contributed by atoms with Crippen LogP contribution in [0.15, 0.2) is 23.2 Å². The van der Waals surface area contributed by atoms with Crippen LogP contribution < -0.4 is 5.73 Å². The molecule has 1 aromatic carbocycles. The van der Waals surface area contributed by atoms with Gasteiger partial charge in [0.25, 0.3) is 0 Å². The van der Waals surface area contributed by atoms with Crippen molar-refractivity contribution in [3.63, 3.8) is 0 Å². The van der Waals surface area contributed by atoms with Gasteiger partial charge in [0.1, 0.15) is 17.5 Å². The van der Waals surface area contributed by atoms with E-state index in [0.717, 1.165) is 0 Å². The van der Waals surface area contributed by atoms with Gasteiger partial charge >= 0.3 is 11.9 Å². The van der Waals surface area contributed by atoms with Crippen LogP contribution in [0.2, 0.25) is 0 Å². The predicted molar refractivity (Wildman–Crippen MR) is 93.9 cm³/mol. The highest BCUT2D eigenvalue weighted by molar-refractivity contribution is 8.76. The average Bonchev–Trinajstić information content (AvgIpc) is 2.52. The maximum atomic E-state index is 11.2. The molecule has 0 aliphatic carbocycles. The SMILES string of the molecule is NC(CSSC[C@H](N=CCc1cc(O)ccc1O)C(=O)O)C(=O)O. The number of hydrogen-bond acceptors (Lipinski definition) is 8. The van der Waals surface area contributed by atoms with Crippen molar-refractivity contribution in [2.45, 2.75) is 18.5 Å². The number of carboxylic acid groups (broad SMARTS) is 2. The fourth-order valence-corrected chi connectivity index (χ4v) is 3.74. The Balaban J connectivity index is 2.49. The molecule has 0 fully saturated rings. The Labute approximate surface area is 146 Å². The summed E-state index contributed by atoms with van der Waals surface area (Å²) in [4.78, 5) is 25.7. The minimum atomic E-state index is -1.11. The van der Waals surface area contributed by atoms with Crippen molar-refractivity contribution in [3.05, 3.63) is 23.8 Å². The molecule has 0 aromatic heterocycles. The van der Waals surface area contributed by atoms with Gasteiger partial charge in [-0.2, -0.15) is 0 Å². The van der Waals surface area contributed by atoms with E-state index in [-0.39, 0.29) is 29.4 Å². The Morgan fingerprint density at radius 2 is 1.83 bits per heavy atom. The lowest BCUT2D eigenvalue weighted by atomic mass is 10.1. The third-order valence-corrected chi connectivity index (χ3v) is 5.25. The molecule has 2 atom stereocenters. The number of aliphatic imine (C=N–C) groups is 1.